The minimum atomic E-state index is -0.311. The van der Waals surface area contributed by atoms with Crippen molar-refractivity contribution < 1.29 is 9.18 Å². The van der Waals surface area contributed by atoms with Crippen molar-refractivity contribution in [3.8, 4) is 17.1 Å². The molecule has 1 aliphatic rings. The molecule has 7 heteroatoms. The van der Waals surface area contributed by atoms with E-state index < -0.39 is 0 Å². The van der Waals surface area contributed by atoms with Crippen molar-refractivity contribution >= 4 is 17.7 Å². The molecule has 0 aliphatic heterocycles. The predicted molar refractivity (Wildman–Crippen MR) is 128 cm³/mol. The Kier molecular flexibility index (Phi) is 6.21. The SMILES string of the molecule is O=C(CSc1nnc(-c2ccccc2)n1-c1ccc(F)cc1)NC(c1ccccc1)C1CC1. The van der Waals surface area contributed by atoms with Crippen LogP contribution in [0.3, 0.4) is 0 Å². The third-order valence-electron chi connectivity index (χ3n) is 5.65. The molecule has 1 aliphatic carbocycles. The molecule has 1 saturated carbocycles. The molecule has 1 atom stereocenters. The van der Waals surface area contributed by atoms with Crippen molar-refractivity contribution in [1.29, 1.82) is 0 Å². The number of halogens is 1. The molecule has 1 N–H and O–H groups in total. The maximum absolute atomic E-state index is 13.5. The van der Waals surface area contributed by atoms with E-state index in [1.807, 2.05) is 53.1 Å². The summed E-state index contributed by atoms with van der Waals surface area (Å²) in [6.45, 7) is 0. The van der Waals surface area contributed by atoms with Gasteiger partial charge in [-0.25, -0.2) is 4.39 Å². The summed E-state index contributed by atoms with van der Waals surface area (Å²) in [5, 5.41) is 12.5. The van der Waals surface area contributed by atoms with Crippen LogP contribution in [0.2, 0.25) is 0 Å². The van der Waals surface area contributed by atoms with Gasteiger partial charge >= 0.3 is 0 Å². The highest BCUT2D eigenvalue weighted by Crippen LogP contribution is 2.41. The van der Waals surface area contributed by atoms with Crippen LogP contribution in [0.1, 0.15) is 24.4 Å². The summed E-state index contributed by atoms with van der Waals surface area (Å²) in [6.07, 6.45) is 2.26. The summed E-state index contributed by atoms with van der Waals surface area (Å²) in [4.78, 5) is 12.9. The van der Waals surface area contributed by atoms with Gasteiger partial charge in [0.1, 0.15) is 5.82 Å². The number of benzene rings is 3. The Hall–Kier alpha value is -3.45. The molecule has 166 valence electrons. The molecule has 5 rings (SSSR count). The van der Waals surface area contributed by atoms with Gasteiger partial charge in [0.2, 0.25) is 5.91 Å². The van der Waals surface area contributed by atoms with Gasteiger partial charge in [-0.15, -0.1) is 10.2 Å². The topological polar surface area (TPSA) is 59.8 Å². The van der Waals surface area contributed by atoms with Crippen LogP contribution >= 0.6 is 11.8 Å². The summed E-state index contributed by atoms with van der Waals surface area (Å²) in [5.41, 5.74) is 2.77. The number of amides is 1. The lowest BCUT2D eigenvalue weighted by Crippen LogP contribution is -2.31. The van der Waals surface area contributed by atoms with Crippen LogP contribution in [0.4, 0.5) is 4.39 Å². The third kappa shape index (κ3) is 4.98. The number of carbonyl (C=O) groups is 1. The van der Waals surface area contributed by atoms with Crippen LogP contribution in [0.5, 0.6) is 0 Å². The fourth-order valence-corrected chi connectivity index (χ4v) is 4.63. The number of rotatable bonds is 8. The summed E-state index contributed by atoms with van der Waals surface area (Å²) in [6, 6.07) is 26.0. The number of thioether (sulfide) groups is 1. The Morgan fingerprint density at radius 3 is 2.30 bits per heavy atom. The van der Waals surface area contributed by atoms with E-state index in [1.165, 1.54) is 23.9 Å². The minimum Gasteiger partial charge on any atom is -0.348 e. The van der Waals surface area contributed by atoms with Gasteiger partial charge in [-0.2, -0.15) is 0 Å². The van der Waals surface area contributed by atoms with Crippen LogP contribution in [0.25, 0.3) is 17.1 Å². The second kappa shape index (κ2) is 9.58. The summed E-state index contributed by atoms with van der Waals surface area (Å²) in [5.74, 6) is 0.994. The minimum absolute atomic E-state index is 0.0362. The lowest BCUT2D eigenvalue weighted by Gasteiger charge is -2.18. The molecule has 1 amide bonds. The van der Waals surface area contributed by atoms with Gasteiger partial charge in [0.15, 0.2) is 11.0 Å². The van der Waals surface area contributed by atoms with E-state index in [-0.39, 0.29) is 23.5 Å². The van der Waals surface area contributed by atoms with Crippen molar-refractivity contribution in [2.45, 2.75) is 24.0 Å². The van der Waals surface area contributed by atoms with E-state index in [0.717, 1.165) is 29.7 Å². The zero-order valence-corrected chi connectivity index (χ0v) is 18.7. The van der Waals surface area contributed by atoms with Gasteiger partial charge in [0.05, 0.1) is 11.8 Å². The first-order valence-corrected chi connectivity index (χ1v) is 11.9. The average molecular weight is 459 g/mol. The molecule has 4 aromatic rings. The normalized spacial score (nSPS) is 14.1. The van der Waals surface area contributed by atoms with E-state index in [4.69, 9.17) is 0 Å². The summed E-state index contributed by atoms with van der Waals surface area (Å²) < 4.78 is 15.4. The van der Waals surface area contributed by atoms with Crippen LogP contribution in [-0.2, 0) is 4.79 Å². The lowest BCUT2D eigenvalue weighted by atomic mass is 10.0. The molecule has 0 bridgehead atoms. The molecule has 33 heavy (non-hydrogen) atoms. The smallest absolute Gasteiger partial charge is 0.230 e. The van der Waals surface area contributed by atoms with Crippen molar-refractivity contribution in [2.24, 2.45) is 5.92 Å². The standard InChI is InChI=1S/C26H23FN4OS/c27-21-13-15-22(16-14-21)31-25(20-9-5-2-6-10-20)29-30-26(31)33-17-23(32)28-24(19-11-12-19)18-7-3-1-4-8-18/h1-10,13-16,19,24H,11-12,17H2,(H,28,32). The number of nitrogens with zero attached hydrogens (tertiary/aromatic N) is 3. The monoisotopic (exact) mass is 458 g/mol. The number of nitrogens with one attached hydrogen (secondary N) is 1. The highest BCUT2D eigenvalue weighted by molar-refractivity contribution is 7.99. The van der Waals surface area contributed by atoms with Crippen LogP contribution < -0.4 is 5.32 Å². The highest BCUT2D eigenvalue weighted by atomic mass is 32.2. The fourth-order valence-electron chi connectivity index (χ4n) is 3.87. The van der Waals surface area contributed by atoms with Crippen molar-refractivity contribution in [3.63, 3.8) is 0 Å². The predicted octanol–water partition coefficient (Wildman–Crippen LogP) is 5.43. The van der Waals surface area contributed by atoms with Gasteiger partial charge in [-0.1, -0.05) is 72.4 Å². The molecular formula is C26H23FN4OS. The largest absolute Gasteiger partial charge is 0.348 e. The number of hydrogen-bond donors (Lipinski definition) is 1. The second-order valence-corrected chi connectivity index (χ2v) is 9.01. The molecule has 0 radical (unpaired) electrons. The zero-order chi connectivity index (χ0) is 22.6. The highest BCUT2D eigenvalue weighted by Gasteiger charge is 2.33. The van der Waals surface area contributed by atoms with E-state index in [9.17, 15) is 9.18 Å². The molecule has 0 saturated heterocycles. The molecule has 5 nitrogen and oxygen atoms in total. The van der Waals surface area contributed by atoms with E-state index >= 15 is 0 Å². The van der Waals surface area contributed by atoms with Crippen molar-refractivity contribution in [3.05, 3.63) is 96.3 Å². The van der Waals surface area contributed by atoms with Gasteiger partial charge in [0.25, 0.3) is 0 Å². The van der Waals surface area contributed by atoms with Gasteiger partial charge in [-0.3, -0.25) is 9.36 Å². The number of hydrogen-bond acceptors (Lipinski definition) is 4. The van der Waals surface area contributed by atoms with Crippen LogP contribution in [0.15, 0.2) is 90.1 Å². The molecule has 1 fully saturated rings. The summed E-state index contributed by atoms with van der Waals surface area (Å²) >= 11 is 1.32. The maximum Gasteiger partial charge on any atom is 0.230 e. The van der Waals surface area contributed by atoms with E-state index in [2.05, 4.69) is 27.6 Å². The summed E-state index contributed by atoms with van der Waals surface area (Å²) in [7, 11) is 0. The molecule has 1 aromatic heterocycles. The quantitative estimate of drug-likeness (QED) is 0.358. The third-order valence-corrected chi connectivity index (χ3v) is 6.58. The van der Waals surface area contributed by atoms with Gasteiger partial charge in [0, 0.05) is 11.3 Å². The maximum atomic E-state index is 13.5. The molecule has 1 heterocycles. The second-order valence-electron chi connectivity index (χ2n) is 8.07. The molecule has 0 spiro atoms. The Morgan fingerprint density at radius 1 is 0.970 bits per heavy atom. The van der Waals surface area contributed by atoms with Gasteiger partial charge < -0.3 is 5.32 Å². The van der Waals surface area contributed by atoms with Crippen molar-refractivity contribution in [2.75, 3.05) is 5.75 Å². The molecule has 1 unspecified atom stereocenters. The Balaban J connectivity index is 1.36. The molecular weight excluding hydrogens is 435 g/mol. The first kappa shape index (κ1) is 21.4. The van der Waals surface area contributed by atoms with E-state index in [0.29, 0.717) is 16.9 Å². The zero-order valence-electron chi connectivity index (χ0n) is 17.9. The Bertz CT molecular complexity index is 1220. The lowest BCUT2D eigenvalue weighted by molar-refractivity contribution is -0.119. The van der Waals surface area contributed by atoms with Crippen LogP contribution in [0, 0.1) is 11.7 Å². The van der Waals surface area contributed by atoms with Gasteiger partial charge in [-0.05, 0) is 48.6 Å². The Labute approximate surface area is 196 Å². The average Bonchev–Trinajstić information content (AvgIpc) is 3.61. The first-order chi connectivity index (χ1) is 16.2. The number of aromatic nitrogens is 3. The fraction of sp³-hybridized carbons (Fsp3) is 0.192. The Morgan fingerprint density at radius 2 is 1.64 bits per heavy atom. The first-order valence-electron chi connectivity index (χ1n) is 10.9. The van der Waals surface area contributed by atoms with Crippen LogP contribution in [-0.4, -0.2) is 26.4 Å². The molecule has 3 aromatic carbocycles. The van der Waals surface area contributed by atoms with Crippen molar-refractivity contribution in [1.82, 2.24) is 20.1 Å². The number of carbonyl (C=O) groups excluding carboxylic acids is 1. The van der Waals surface area contributed by atoms with E-state index in [1.54, 1.807) is 12.1 Å².